The van der Waals surface area contributed by atoms with Gasteiger partial charge < -0.3 is 24.1 Å². The molecule has 232 valence electrons. The van der Waals surface area contributed by atoms with Crippen molar-refractivity contribution < 1.29 is 33.6 Å². The third kappa shape index (κ3) is 4.50. The lowest BCUT2D eigenvalue weighted by molar-refractivity contribution is -0.200. The molecule has 2 aromatic carbocycles. The molecule has 1 saturated heterocycles. The fourth-order valence-electron chi connectivity index (χ4n) is 9.49. The number of hydrogen-bond donors (Lipinski definition) is 1. The summed E-state index contributed by atoms with van der Waals surface area (Å²) in [6.45, 7) is 6.23. The van der Waals surface area contributed by atoms with Crippen LogP contribution in [0.25, 0.3) is 0 Å². The predicted octanol–water partition coefficient (Wildman–Crippen LogP) is 6.60. The van der Waals surface area contributed by atoms with Crippen LogP contribution in [0, 0.1) is 28.6 Å². The molecule has 7 rings (SSSR count). The average molecular weight is 599 g/mol. The van der Waals surface area contributed by atoms with Gasteiger partial charge in [0.1, 0.15) is 23.9 Å². The van der Waals surface area contributed by atoms with E-state index < -0.39 is 29.5 Å². The van der Waals surface area contributed by atoms with E-state index in [1.807, 2.05) is 48.5 Å². The monoisotopic (exact) mass is 598 g/mol. The van der Waals surface area contributed by atoms with Crippen LogP contribution in [-0.2, 0) is 19.1 Å². The molecule has 4 aliphatic carbocycles. The van der Waals surface area contributed by atoms with Gasteiger partial charge in [-0.1, -0.05) is 57.0 Å². The number of aliphatic hydroxyl groups is 1. The Bertz CT molecular complexity index is 1480. The number of ether oxygens (including phenoxy) is 4. The Morgan fingerprint density at radius 3 is 2.52 bits per heavy atom. The topological polar surface area (TPSA) is 91.3 Å². The lowest BCUT2D eigenvalue weighted by Crippen LogP contribution is -2.63. The number of hydrogen-bond acceptors (Lipinski definition) is 7. The maximum atomic E-state index is 14.4. The number of ketones is 2. The maximum Gasteiger partial charge on any atom is 0.205 e. The van der Waals surface area contributed by atoms with Crippen molar-refractivity contribution in [1.82, 2.24) is 0 Å². The molecule has 1 aliphatic heterocycles. The Labute approximate surface area is 259 Å². The van der Waals surface area contributed by atoms with E-state index in [4.69, 9.17) is 18.9 Å². The van der Waals surface area contributed by atoms with Gasteiger partial charge in [0, 0.05) is 16.7 Å². The molecule has 2 aromatic rings. The first-order valence-electron chi connectivity index (χ1n) is 16.1. The Hall–Kier alpha value is -3.26. The van der Waals surface area contributed by atoms with Gasteiger partial charge in [0.15, 0.2) is 17.7 Å². The van der Waals surface area contributed by atoms with Crippen molar-refractivity contribution >= 4 is 11.6 Å². The lowest BCUT2D eigenvalue weighted by Gasteiger charge is -2.59. The first-order valence-corrected chi connectivity index (χ1v) is 16.1. The number of allylic oxidation sites excluding steroid dienone is 4. The Kier molecular flexibility index (Phi) is 7.34. The summed E-state index contributed by atoms with van der Waals surface area (Å²) in [5.74, 6) is 2.15. The van der Waals surface area contributed by atoms with E-state index >= 15 is 0 Å². The molecule has 5 aliphatic rings. The number of para-hydroxylation sites is 1. The fourth-order valence-corrected chi connectivity index (χ4v) is 9.49. The van der Waals surface area contributed by atoms with E-state index in [9.17, 15) is 14.7 Å². The van der Waals surface area contributed by atoms with Crippen molar-refractivity contribution in [1.29, 1.82) is 0 Å². The van der Waals surface area contributed by atoms with Crippen LogP contribution in [0.15, 0.2) is 78.4 Å². The van der Waals surface area contributed by atoms with Crippen LogP contribution in [0.2, 0.25) is 0 Å². The van der Waals surface area contributed by atoms with E-state index in [1.165, 1.54) is 0 Å². The van der Waals surface area contributed by atoms with E-state index in [-0.39, 0.29) is 41.3 Å². The van der Waals surface area contributed by atoms with Gasteiger partial charge in [-0.15, -0.1) is 0 Å². The second kappa shape index (κ2) is 11.0. The van der Waals surface area contributed by atoms with Gasteiger partial charge in [0.2, 0.25) is 5.78 Å². The molecular weight excluding hydrogens is 556 g/mol. The van der Waals surface area contributed by atoms with Crippen LogP contribution in [-0.4, -0.2) is 47.4 Å². The summed E-state index contributed by atoms with van der Waals surface area (Å²) in [4.78, 5) is 26.6. The SMILES string of the molecule is CCC[C@@H]1O[C@@H]2CC3C4CCC5=CC(=O)C=CC5(C)C4[C@@H](O)CC3(C)[C@]2(C(=O)COc2ccc(Oc3ccccc3)cc2)O1. The highest BCUT2D eigenvalue weighted by Gasteiger charge is 2.75. The summed E-state index contributed by atoms with van der Waals surface area (Å²) in [5, 5.41) is 11.9. The van der Waals surface area contributed by atoms with Crippen molar-refractivity contribution in [2.45, 2.75) is 83.4 Å². The van der Waals surface area contributed by atoms with E-state index in [2.05, 4.69) is 20.8 Å². The van der Waals surface area contributed by atoms with Crippen LogP contribution >= 0.6 is 0 Å². The third-order valence-corrected chi connectivity index (χ3v) is 11.4. The molecule has 44 heavy (non-hydrogen) atoms. The molecule has 9 atom stereocenters. The van der Waals surface area contributed by atoms with Gasteiger partial charge >= 0.3 is 0 Å². The Balaban J connectivity index is 1.14. The Morgan fingerprint density at radius 1 is 1.05 bits per heavy atom. The van der Waals surface area contributed by atoms with Crippen molar-refractivity contribution in [3.05, 3.63) is 78.4 Å². The van der Waals surface area contributed by atoms with E-state index in [0.29, 0.717) is 30.8 Å². The molecule has 0 radical (unpaired) electrons. The van der Waals surface area contributed by atoms with Crippen molar-refractivity contribution in [2.24, 2.45) is 28.6 Å². The second-order valence-electron chi connectivity index (χ2n) is 13.7. The van der Waals surface area contributed by atoms with Crippen molar-refractivity contribution in [2.75, 3.05) is 6.61 Å². The van der Waals surface area contributed by atoms with Gasteiger partial charge in [-0.25, -0.2) is 0 Å². The highest BCUT2D eigenvalue weighted by Crippen LogP contribution is 2.69. The summed E-state index contributed by atoms with van der Waals surface area (Å²) in [7, 11) is 0. The van der Waals surface area contributed by atoms with Crippen LogP contribution in [0.4, 0.5) is 0 Å². The first-order chi connectivity index (χ1) is 21.2. The number of aliphatic hydroxyl groups excluding tert-OH is 1. The van der Waals surface area contributed by atoms with Crippen LogP contribution < -0.4 is 9.47 Å². The number of carbonyl (C=O) groups is 2. The second-order valence-corrected chi connectivity index (χ2v) is 13.7. The number of carbonyl (C=O) groups excluding carboxylic acids is 2. The highest BCUT2D eigenvalue weighted by atomic mass is 16.7. The van der Waals surface area contributed by atoms with Crippen LogP contribution in [0.3, 0.4) is 0 Å². The molecule has 0 spiro atoms. The molecular formula is C37H42O7. The van der Waals surface area contributed by atoms with E-state index in [0.717, 1.165) is 30.6 Å². The quantitative estimate of drug-likeness (QED) is 0.366. The molecule has 3 saturated carbocycles. The largest absolute Gasteiger partial charge is 0.486 e. The lowest BCUT2D eigenvalue weighted by atomic mass is 9.46. The first kappa shape index (κ1) is 29.5. The molecule has 1 N–H and O–H groups in total. The minimum atomic E-state index is -1.20. The van der Waals surface area contributed by atoms with Gasteiger partial charge in [0.05, 0.1) is 12.2 Å². The highest BCUT2D eigenvalue weighted by molar-refractivity contribution is 6.01. The predicted molar refractivity (Wildman–Crippen MR) is 164 cm³/mol. The van der Waals surface area contributed by atoms with Crippen LogP contribution in [0.5, 0.6) is 17.2 Å². The zero-order valence-electron chi connectivity index (χ0n) is 25.7. The number of benzene rings is 2. The zero-order chi connectivity index (χ0) is 30.7. The minimum absolute atomic E-state index is 0.0214. The van der Waals surface area contributed by atoms with Gasteiger partial charge in [-0.3, -0.25) is 9.59 Å². The minimum Gasteiger partial charge on any atom is -0.486 e. The fraction of sp³-hybridized carbons (Fsp3) is 0.514. The molecule has 0 bridgehead atoms. The standard InChI is InChI=1S/C37H42O7/c1-4-8-33-43-32-20-29-28-16-11-23-19-24(38)17-18-35(23,2)34(28)30(39)21-36(29,3)37(32,44-33)31(40)22-41-25-12-14-27(15-13-25)42-26-9-6-5-7-10-26/h5-7,9-10,12-15,17-19,28-30,32-34,39H,4,8,11,16,20-22H2,1-3H3/t28?,29?,30-,32+,33+,34?,35?,36?,37+/m0/s1. The number of rotatable bonds is 8. The molecule has 0 aromatic heterocycles. The zero-order valence-corrected chi connectivity index (χ0v) is 25.7. The summed E-state index contributed by atoms with van der Waals surface area (Å²) in [5.41, 5.74) is -1.09. The van der Waals surface area contributed by atoms with Gasteiger partial charge in [-0.2, -0.15) is 0 Å². The van der Waals surface area contributed by atoms with Gasteiger partial charge in [0.25, 0.3) is 0 Å². The van der Waals surface area contributed by atoms with E-state index in [1.54, 1.807) is 24.3 Å². The smallest absolute Gasteiger partial charge is 0.205 e. The molecule has 5 unspecified atom stereocenters. The average Bonchev–Trinajstić information content (AvgIpc) is 3.49. The summed E-state index contributed by atoms with van der Waals surface area (Å²) in [6, 6.07) is 16.8. The van der Waals surface area contributed by atoms with Crippen LogP contribution in [0.1, 0.15) is 59.3 Å². The summed E-state index contributed by atoms with van der Waals surface area (Å²) < 4.78 is 25.3. The summed E-state index contributed by atoms with van der Waals surface area (Å²) >= 11 is 0. The molecule has 0 amide bonds. The maximum absolute atomic E-state index is 14.4. The number of Topliss-reactive ketones (excluding diaryl/α,β-unsaturated/α-hetero) is 1. The van der Waals surface area contributed by atoms with Crippen molar-refractivity contribution in [3.8, 4) is 17.2 Å². The van der Waals surface area contributed by atoms with Gasteiger partial charge in [-0.05, 0) is 92.5 Å². The molecule has 7 nitrogen and oxygen atoms in total. The van der Waals surface area contributed by atoms with Crippen molar-refractivity contribution in [3.63, 3.8) is 0 Å². The molecule has 1 heterocycles. The normalized spacial score (nSPS) is 38.6. The Morgan fingerprint density at radius 2 is 1.77 bits per heavy atom. The number of fused-ring (bicyclic) bond motifs is 7. The molecule has 4 fully saturated rings. The summed E-state index contributed by atoms with van der Waals surface area (Å²) in [6.07, 6.45) is 8.33. The molecule has 7 heteroatoms. The third-order valence-electron chi connectivity index (χ3n) is 11.4.